The molecule has 0 rings (SSSR count). The van der Waals surface area contributed by atoms with Gasteiger partial charge in [0.05, 0.1) is 39.9 Å². The van der Waals surface area contributed by atoms with Crippen molar-refractivity contribution in [3.63, 3.8) is 0 Å². The summed E-state index contributed by atoms with van der Waals surface area (Å²) < 4.78 is 23.7. The second-order valence-electron chi connectivity index (χ2n) is 21.3. The molecule has 0 aliphatic heterocycles. The minimum Gasteiger partial charge on any atom is -0.387 e. The molecule has 0 saturated heterocycles. The van der Waals surface area contributed by atoms with E-state index in [9.17, 15) is 19.4 Å². The number of amides is 1. The van der Waals surface area contributed by atoms with Gasteiger partial charge in [-0.1, -0.05) is 258 Å². The van der Waals surface area contributed by atoms with Crippen LogP contribution in [0.25, 0.3) is 0 Å². The van der Waals surface area contributed by atoms with Gasteiger partial charge < -0.3 is 19.8 Å². The predicted molar refractivity (Wildman–Crippen MR) is 322 cm³/mol. The number of allylic oxidation sites excluding steroid dienone is 17. The van der Waals surface area contributed by atoms with Crippen molar-refractivity contribution in [2.75, 3.05) is 40.9 Å². The molecule has 3 unspecified atom stereocenters. The van der Waals surface area contributed by atoms with E-state index < -0.39 is 20.0 Å². The molecule has 8 nitrogen and oxygen atoms in total. The van der Waals surface area contributed by atoms with Crippen LogP contribution in [0.5, 0.6) is 0 Å². The Bertz CT molecular complexity index is 1570. The second-order valence-corrected chi connectivity index (χ2v) is 22.8. The van der Waals surface area contributed by atoms with E-state index in [0.29, 0.717) is 17.4 Å². The fourth-order valence-electron chi connectivity index (χ4n) is 8.27. The van der Waals surface area contributed by atoms with E-state index in [2.05, 4.69) is 116 Å². The van der Waals surface area contributed by atoms with E-state index in [1.807, 2.05) is 27.2 Å². The summed E-state index contributed by atoms with van der Waals surface area (Å²) in [6.45, 7) is 4.68. The number of aliphatic hydroxyl groups is 1. The molecule has 0 fully saturated rings. The van der Waals surface area contributed by atoms with Gasteiger partial charge in [0.2, 0.25) is 5.91 Å². The lowest BCUT2D eigenvalue weighted by Crippen LogP contribution is -2.45. The summed E-state index contributed by atoms with van der Waals surface area (Å²) in [6, 6.07) is -0.872. The zero-order valence-electron chi connectivity index (χ0n) is 48.5. The van der Waals surface area contributed by atoms with Crippen LogP contribution in [0.15, 0.2) is 109 Å². The Morgan fingerprint density at radius 1 is 0.473 bits per heavy atom. The number of aliphatic hydroxyl groups excluding tert-OH is 1. The zero-order chi connectivity index (χ0) is 54.2. The van der Waals surface area contributed by atoms with Crippen molar-refractivity contribution in [1.82, 2.24) is 5.32 Å². The first-order chi connectivity index (χ1) is 36.0. The third-order valence-electron chi connectivity index (χ3n) is 13.0. The fraction of sp³-hybridized carbons (Fsp3) is 0.708. The van der Waals surface area contributed by atoms with Crippen molar-refractivity contribution < 1.29 is 32.9 Å². The van der Waals surface area contributed by atoms with Crippen molar-refractivity contribution in [3.05, 3.63) is 109 Å². The van der Waals surface area contributed by atoms with Crippen LogP contribution >= 0.6 is 7.82 Å². The molecule has 1 amide bonds. The summed E-state index contributed by atoms with van der Waals surface area (Å²) in [5.41, 5.74) is 0. The summed E-state index contributed by atoms with van der Waals surface area (Å²) >= 11 is 0. The van der Waals surface area contributed by atoms with Gasteiger partial charge in [-0.15, -0.1) is 0 Å². The van der Waals surface area contributed by atoms with Gasteiger partial charge in [-0.05, 0) is 89.9 Å². The van der Waals surface area contributed by atoms with Gasteiger partial charge in [0.1, 0.15) is 13.2 Å². The lowest BCUT2D eigenvalue weighted by Gasteiger charge is -2.25. The maximum absolute atomic E-state index is 13.0. The average molecular weight is 1050 g/mol. The molecule has 0 bridgehead atoms. The lowest BCUT2D eigenvalue weighted by atomic mass is 10.0. The summed E-state index contributed by atoms with van der Waals surface area (Å²) in [7, 11) is 1.54. The highest BCUT2D eigenvalue weighted by Gasteiger charge is 2.27. The number of rotatable bonds is 54. The summed E-state index contributed by atoms with van der Waals surface area (Å²) in [4.78, 5) is 23.3. The minimum absolute atomic E-state index is 0.0510. The molecule has 0 heterocycles. The molecule has 0 aromatic rings. The Kier molecular flexibility index (Phi) is 52.8. The SMILES string of the molecule is CC/C=C\C/C=C\C/C=C\C/C=C\C/C=C\C/C=C\C/C=C\CCCCCCCCCCCCCC(=O)NC(COP(=O)(O)OCC[N+](C)(C)C)C(O)/C=C/CC/C=C/CCCCCCCCCCCCCCC. The van der Waals surface area contributed by atoms with Gasteiger partial charge in [-0.2, -0.15) is 0 Å². The van der Waals surface area contributed by atoms with Crippen LogP contribution in [0, 0.1) is 0 Å². The van der Waals surface area contributed by atoms with E-state index in [-0.39, 0.29) is 19.1 Å². The van der Waals surface area contributed by atoms with Crippen molar-refractivity contribution in [1.29, 1.82) is 0 Å². The number of carbonyl (C=O) groups excluding carboxylic acids is 1. The summed E-state index contributed by atoms with van der Waals surface area (Å²) in [5, 5.41) is 13.9. The number of phosphoric ester groups is 1. The van der Waals surface area contributed by atoms with Crippen LogP contribution in [-0.4, -0.2) is 73.4 Å². The lowest BCUT2D eigenvalue weighted by molar-refractivity contribution is -0.870. The molecule has 3 atom stereocenters. The van der Waals surface area contributed by atoms with Crippen LogP contribution in [0.2, 0.25) is 0 Å². The van der Waals surface area contributed by atoms with E-state index in [0.717, 1.165) is 83.5 Å². The number of carbonyl (C=O) groups is 1. The normalized spacial score (nSPS) is 14.6. The summed E-state index contributed by atoms with van der Waals surface area (Å²) in [6.07, 6.45) is 80.5. The first-order valence-corrected chi connectivity index (χ1v) is 31.8. The van der Waals surface area contributed by atoms with Crippen molar-refractivity contribution >= 4 is 13.7 Å². The minimum atomic E-state index is -4.36. The Morgan fingerprint density at radius 2 is 0.824 bits per heavy atom. The molecular weight excluding hydrogens is 936 g/mol. The number of phosphoric acid groups is 1. The van der Waals surface area contributed by atoms with Crippen molar-refractivity contribution in [2.45, 2.75) is 257 Å². The number of nitrogens with zero attached hydrogens (tertiary/aromatic N) is 1. The maximum atomic E-state index is 13.0. The van der Waals surface area contributed by atoms with E-state index in [1.54, 1.807) is 6.08 Å². The summed E-state index contributed by atoms with van der Waals surface area (Å²) in [5.74, 6) is -0.193. The topological polar surface area (TPSA) is 105 Å². The maximum Gasteiger partial charge on any atom is 0.472 e. The smallest absolute Gasteiger partial charge is 0.387 e. The Balaban J connectivity index is 4.21. The first kappa shape index (κ1) is 71.2. The van der Waals surface area contributed by atoms with Gasteiger partial charge in [0.25, 0.3) is 0 Å². The Labute approximate surface area is 457 Å². The third kappa shape index (κ3) is 56.9. The highest BCUT2D eigenvalue weighted by Crippen LogP contribution is 2.43. The molecule has 0 saturated carbocycles. The van der Waals surface area contributed by atoms with Gasteiger partial charge in [0.15, 0.2) is 0 Å². The average Bonchev–Trinajstić information content (AvgIpc) is 3.36. The highest BCUT2D eigenvalue weighted by atomic mass is 31.2. The van der Waals surface area contributed by atoms with Gasteiger partial charge in [0, 0.05) is 6.42 Å². The van der Waals surface area contributed by atoms with Crippen LogP contribution < -0.4 is 5.32 Å². The standard InChI is InChI=1S/C65H115N2O6P/c1-6-8-10-12-14-16-18-20-22-24-26-27-28-29-30-31-32-33-34-35-36-37-38-39-41-43-45-47-49-51-53-55-57-59-65(69)66-63(62-73-74(70,71)72-61-60-67(3,4)5)64(68)58-56-54-52-50-48-46-44-42-40-25-23-21-19-17-15-13-11-9-7-2/h8,10,14,16,20,22,26-27,29-30,32-33,35-36,48,50,56,58,63-64,68H,6-7,9,11-13,15,17-19,21,23-25,28,31,34,37-47,49,51-55,57,59-62H2,1-5H3,(H-,66,69,70,71)/p+1/b10-8-,16-14-,22-20-,27-26-,30-29-,33-32-,36-35-,50-48+,58-56+. The molecule has 3 N–H and O–H groups in total. The molecule has 0 aromatic carbocycles. The molecule has 0 radical (unpaired) electrons. The van der Waals surface area contributed by atoms with E-state index >= 15 is 0 Å². The van der Waals surface area contributed by atoms with Crippen LogP contribution in [0.4, 0.5) is 0 Å². The second kappa shape index (κ2) is 54.9. The molecule has 0 aliphatic rings. The largest absolute Gasteiger partial charge is 0.472 e. The molecule has 0 aromatic heterocycles. The van der Waals surface area contributed by atoms with Gasteiger partial charge >= 0.3 is 7.82 Å². The quantitative estimate of drug-likeness (QED) is 0.0243. The number of nitrogens with one attached hydrogen (secondary N) is 1. The fourth-order valence-corrected chi connectivity index (χ4v) is 9.01. The number of hydrogen-bond acceptors (Lipinski definition) is 5. The molecular formula is C65H116N2O6P+. The monoisotopic (exact) mass is 1050 g/mol. The number of quaternary nitrogens is 1. The Hall–Kier alpha value is -2.84. The van der Waals surface area contributed by atoms with Crippen LogP contribution in [-0.2, 0) is 18.4 Å². The van der Waals surface area contributed by atoms with Gasteiger partial charge in [-0.25, -0.2) is 4.57 Å². The van der Waals surface area contributed by atoms with E-state index in [4.69, 9.17) is 9.05 Å². The van der Waals surface area contributed by atoms with Crippen molar-refractivity contribution in [3.8, 4) is 0 Å². The van der Waals surface area contributed by atoms with E-state index in [1.165, 1.54) is 141 Å². The molecule has 0 aliphatic carbocycles. The molecule has 9 heteroatoms. The van der Waals surface area contributed by atoms with Crippen molar-refractivity contribution in [2.24, 2.45) is 0 Å². The molecule has 426 valence electrons. The zero-order valence-corrected chi connectivity index (χ0v) is 49.4. The van der Waals surface area contributed by atoms with Crippen LogP contribution in [0.1, 0.15) is 245 Å². The Morgan fingerprint density at radius 3 is 1.24 bits per heavy atom. The number of likely N-dealkylation sites (N-methyl/N-ethyl adjacent to an activating group) is 1. The molecule has 0 spiro atoms. The highest BCUT2D eigenvalue weighted by molar-refractivity contribution is 7.47. The van der Waals surface area contributed by atoms with Gasteiger partial charge in [-0.3, -0.25) is 13.8 Å². The molecule has 74 heavy (non-hydrogen) atoms. The first-order valence-electron chi connectivity index (χ1n) is 30.3. The third-order valence-corrected chi connectivity index (χ3v) is 14.0. The predicted octanol–water partition coefficient (Wildman–Crippen LogP) is 18.8. The number of hydrogen-bond donors (Lipinski definition) is 3. The van der Waals surface area contributed by atoms with Crippen LogP contribution in [0.3, 0.4) is 0 Å². The number of unbranched alkanes of at least 4 members (excludes halogenated alkanes) is 25.